The summed E-state index contributed by atoms with van der Waals surface area (Å²) in [6.45, 7) is 6.66. The minimum Gasteiger partial charge on any atom is -0.494 e. The summed E-state index contributed by atoms with van der Waals surface area (Å²) < 4.78 is 34.1. The second kappa shape index (κ2) is 11.0. The molecule has 33 heavy (non-hydrogen) atoms. The molecule has 7 heteroatoms. The van der Waals surface area contributed by atoms with Crippen LogP contribution in [0.4, 0.5) is 5.69 Å². The number of anilines is 1. The van der Waals surface area contributed by atoms with Crippen LogP contribution in [0.25, 0.3) is 0 Å². The maximum Gasteiger partial charge on any atom is 0.262 e. The Labute approximate surface area is 196 Å². The zero-order chi connectivity index (χ0) is 23.8. The van der Waals surface area contributed by atoms with E-state index in [0.29, 0.717) is 30.0 Å². The molecule has 0 fully saturated rings. The highest BCUT2D eigenvalue weighted by molar-refractivity contribution is 7.92. The molecule has 0 saturated heterocycles. The van der Waals surface area contributed by atoms with E-state index in [4.69, 9.17) is 4.74 Å². The Morgan fingerprint density at radius 2 is 1.70 bits per heavy atom. The molecule has 2 N–H and O–H groups in total. The second-order valence-corrected chi connectivity index (χ2v) is 9.50. The van der Waals surface area contributed by atoms with Gasteiger partial charge in [-0.2, -0.15) is 0 Å². The van der Waals surface area contributed by atoms with Gasteiger partial charge in [0.05, 0.1) is 11.5 Å². The van der Waals surface area contributed by atoms with Gasteiger partial charge in [0.2, 0.25) is 0 Å². The molecule has 174 valence electrons. The average Bonchev–Trinajstić information content (AvgIpc) is 2.79. The van der Waals surface area contributed by atoms with E-state index in [1.807, 2.05) is 50.2 Å². The predicted molar refractivity (Wildman–Crippen MR) is 131 cm³/mol. The standard InChI is InChI=1S/C26H30N2O4S/c1-4-32-24-10-6-5-8-21(24)9-7-17-27-26(29)22-14-13-20(3)25(18-22)33(30,31)28-23-15-11-19(2)12-16-23/h5-6,8,10-16,18,28H,4,7,9,17H2,1-3H3,(H,27,29). The number of carbonyl (C=O) groups is 1. The summed E-state index contributed by atoms with van der Waals surface area (Å²) in [5.41, 5.74) is 3.48. The fourth-order valence-electron chi connectivity index (χ4n) is 3.45. The van der Waals surface area contributed by atoms with Gasteiger partial charge in [0.15, 0.2) is 0 Å². The van der Waals surface area contributed by atoms with Crippen molar-refractivity contribution in [1.29, 1.82) is 0 Å². The molecule has 0 aliphatic carbocycles. The van der Waals surface area contributed by atoms with Crippen LogP contribution in [-0.2, 0) is 16.4 Å². The van der Waals surface area contributed by atoms with Crippen LogP contribution in [0.3, 0.4) is 0 Å². The number of aryl methyl sites for hydroxylation is 3. The Balaban J connectivity index is 1.63. The average molecular weight is 467 g/mol. The topological polar surface area (TPSA) is 84.5 Å². The summed E-state index contributed by atoms with van der Waals surface area (Å²) in [6.07, 6.45) is 1.51. The van der Waals surface area contributed by atoms with E-state index in [1.165, 1.54) is 6.07 Å². The van der Waals surface area contributed by atoms with E-state index in [9.17, 15) is 13.2 Å². The van der Waals surface area contributed by atoms with Crippen molar-refractivity contribution in [3.05, 3.63) is 89.0 Å². The largest absolute Gasteiger partial charge is 0.494 e. The van der Waals surface area contributed by atoms with E-state index in [0.717, 1.165) is 29.7 Å². The van der Waals surface area contributed by atoms with Gasteiger partial charge in [-0.05, 0) is 75.1 Å². The third-order valence-electron chi connectivity index (χ3n) is 5.22. The lowest BCUT2D eigenvalue weighted by Crippen LogP contribution is -2.25. The van der Waals surface area contributed by atoms with E-state index in [-0.39, 0.29) is 10.8 Å². The molecule has 6 nitrogen and oxygen atoms in total. The predicted octanol–water partition coefficient (Wildman–Crippen LogP) is 4.87. The van der Waals surface area contributed by atoms with Crippen molar-refractivity contribution < 1.29 is 17.9 Å². The monoisotopic (exact) mass is 466 g/mol. The summed E-state index contributed by atoms with van der Waals surface area (Å²) in [4.78, 5) is 12.7. The molecular weight excluding hydrogens is 436 g/mol. The minimum atomic E-state index is -3.83. The second-order valence-electron chi connectivity index (χ2n) is 7.85. The van der Waals surface area contributed by atoms with Crippen molar-refractivity contribution in [2.45, 2.75) is 38.5 Å². The van der Waals surface area contributed by atoms with Gasteiger partial charge in [0.1, 0.15) is 5.75 Å². The van der Waals surface area contributed by atoms with Gasteiger partial charge in [-0.3, -0.25) is 9.52 Å². The van der Waals surface area contributed by atoms with Gasteiger partial charge < -0.3 is 10.1 Å². The van der Waals surface area contributed by atoms with Gasteiger partial charge in [0.25, 0.3) is 15.9 Å². The highest BCUT2D eigenvalue weighted by Gasteiger charge is 2.19. The van der Waals surface area contributed by atoms with Crippen LogP contribution in [0.15, 0.2) is 71.6 Å². The van der Waals surface area contributed by atoms with Crippen LogP contribution in [0, 0.1) is 13.8 Å². The van der Waals surface area contributed by atoms with E-state index < -0.39 is 10.0 Å². The van der Waals surface area contributed by atoms with Crippen molar-refractivity contribution >= 4 is 21.6 Å². The molecule has 3 aromatic carbocycles. The number of amides is 1. The van der Waals surface area contributed by atoms with Crippen LogP contribution < -0.4 is 14.8 Å². The third-order valence-corrected chi connectivity index (χ3v) is 6.75. The smallest absolute Gasteiger partial charge is 0.262 e. The minimum absolute atomic E-state index is 0.0846. The van der Waals surface area contributed by atoms with Crippen molar-refractivity contribution in [2.75, 3.05) is 17.9 Å². The fourth-order valence-corrected chi connectivity index (χ4v) is 4.78. The number of hydrogen-bond donors (Lipinski definition) is 2. The first-order chi connectivity index (χ1) is 15.8. The molecule has 3 aromatic rings. The number of benzene rings is 3. The van der Waals surface area contributed by atoms with Crippen LogP contribution in [-0.4, -0.2) is 27.5 Å². The lowest BCUT2D eigenvalue weighted by atomic mass is 10.1. The quantitative estimate of drug-likeness (QED) is 0.418. The summed E-state index contributed by atoms with van der Waals surface area (Å²) >= 11 is 0. The number of ether oxygens (including phenoxy) is 1. The molecule has 0 unspecified atom stereocenters. The Bertz CT molecular complexity index is 1210. The number of carbonyl (C=O) groups excluding carboxylic acids is 1. The van der Waals surface area contributed by atoms with Crippen LogP contribution in [0.5, 0.6) is 5.75 Å². The number of nitrogens with one attached hydrogen (secondary N) is 2. The molecule has 0 spiro atoms. The molecule has 0 aliphatic heterocycles. The molecule has 0 atom stereocenters. The van der Waals surface area contributed by atoms with Gasteiger partial charge in [-0.15, -0.1) is 0 Å². The Hall–Kier alpha value is -3.32. The molecular formula is C26H30N2O4S. The van der Waals surface area contributed by atoms with E-state index in [2.05, 4.69) is 10.0 Å². The van der Waals surface area contributed by atoms with E-state index >= 15 is 0 Å². The maximum absolute atomic E-state index is 12.9. The molecule has 0 saturated carbocycles. The number of para-hydroxylation sites is 1. The van der Waals surface area contributed by atoms with Crippen LogP contribution in [0.1, 0.15) is 40.4 Å². The van der Waals surface area contributed by atoms with E-state index in [1.54, 1.807) is 31.2 Å². The summed E-state index contributed by atoms with van der Waals surface area (Å²) in [5, 5.41) is 2.88. The molecule has 0 bridgehead atoms. The molecule has 1 amide bonds. The summed E-state index contributed by atoms with van der Waals surface area (Å²) in [7, 11) is -3.83. The molecule has 0 aliphatic rings. The highest BCUT2D eigenvalue weighted by Crippen LogP contribution is 2.22. The summed E-state index contributed by atoms with van der Waals surface area (Å²) in [5.74, 6) is 0.556. The van der Waals surface area contributed by atoms with Crippen LogP contribution in [0.2, 0.25) is 0 Å². The SMILES string of the molecule is CCOc1ccccc1CCCNC(=O)c1ccc(C)c(S(=O)(=O)Nc2ccc(C)cc2)c1. The zero-order valence-electron chi connectivity index (χ0n) is 19.2. The van der Waals surface area contributed by atoms with Gasteiger partial charge >= 0.3 is 0 Å². The fraction of sp³-hybridized carbons (Fsp3) is 0.269. The number of rotatable bonds is 10. The Morgan fingerprint density at radius 3 is 2.42 bits per heavy atom. The molecule has 3 rings (SSSR count). The van der Waals surface area contributed by atoms with Crippen molar-refractivity contribution in [3.8, 4) is 5.75 Å². The van der Waals surface area contributed by atoms with Crippen molar-refractivity contribution in [3.63, 3.8) is 0 Å². The third kappa shape index (κ3) is 6.58. The number of sulfonamides is 1. The van der Waals surface area contributed by atoms with Gasteiger partial charge in [-0.1, -0.05) is 42.0 Å². The van der Waals surface area contributed by atoms with Crippen molar-refractivity contribution in [2.24, 2.45) is 0 Å². The first-order valence-corrected chi connectivity index (χ1v) is 12.5. The first-order valence-electron chi connectivity index (χ1n) is 11.0. The summed E-state index contributed by atoms with van der Waals surface area (Å²) in [6, 6.07) is 19.7. The molecule has 0 heterocycles. The van der Waals surface area contributed by atoms with Crippen molar-refractivity contribution in [1.82, 2.24) is 5.32 Å². The maximum atomic E-state index is 12.9. The normalized spacial score (nSPS) is 11.1. The first kappa shape index (κ1) is 24.3. The zero-order valence-corrected chi connectivity index (χ0v) is 20.0. The lowest BCUT2D eigenvalue weighted by molar-refractivity contribution is 0.0953. The van der Waals surface area contributed by atoms with Crippen LogP contribution >= 0.6 is 0 Å². The number of hydrogen-bond acceptors (Lipinski definition) is 4. The highest BCUT2D eigenvalue weighted by atomic mass is 32.2. The Morgan fingerprint density at radius 1 is 0.970 bits per heavy atom. The Kier molecular flexibility index (Phi) is 8.11. The van der Waals surface area contributed by atoms with Gasteiger partial charge in [0, 0.05) is 17.8 Å². The molecule has 0 radical (unpaired) electrons. The molecule has 0 aromatic heterocycles. The van der Waals surface area contributed by atoms with Gasteiger partial charge in [-0.25, -0.2) is 8.42 Å². The lowest BCUT2D eigenvalue weighted by Gasteiger charge is -2.13.